The Kier molecular flexibility index (Phi) is 7.79. The van der Waals surface area contributed by atoms with Crippen LogP contribution in [-0.4, -0.2) is 80.9 Å². The zero-order valence-electron chi connectivity index (χ0n) is 18.5. The molecule has 2 heterocycles. The zero-order chi connectivity index (χ0) is 26.1. The summed E-state index contributed by atoms with van der Waals surface area (Å²) < 4.78 is 16.0. The van der Waals surface area contributed by atoms with Gasteiger partial charge in [-0.05, 0) is 30.5 Å². The number of alkyl carbamates (subject to hydrolysis) is 1. The van der Waals surface area contributed by atoms with Gasteiger partial charge in [0.2, 0.25) is 6.29 Å². The van der Waals surface area contributed by atoms with Gasteiger partial charge in [0.15, 0.2) is 6.10 Å². The monoisotopic (exact) mass is 543 g/mol. The van der Waals surface area contributed by atoms with E-state index in [0.717, 1.165) is 5.56 Å². The molecular formula is C23H23Cl2NO10. The molecule has 0 spiro atoms. The highest BCUT2D eigenvalue weighted by atomic mass is 35.5. The summed E-state index contributed by atoms with van der Waals surface area (Å²) in [7, 11) is 0. The van der Waals surface area contributed by atoms with Crippen molar-refractivity contribution >= 4 is 35.3 Å². The Morgan fingerprint density at radius 2 is 1.83 bits per heavy atom. The first-order chi connectivity index (χ1) is 17.1. The van der Waals surface area contributed by atoms with Crippen LogP contribution in [0.1, 0.15) is 12.0 Å². The van der Waals surface area contributed by atoms with Gasteiger partial charge in [0.25, 0.3) is 0 Å². The first-order valence-corrected chi connectivity index (χ1v) is 11.7. The average Bonchev–Trinajstić information content (AvgIpc) is 2.85. The van der Waals surface area contributed by atoms with E-state index in [1.807, 2.05) is 12.1 Å². The molecule has 6 atom stereocenters. The number of phenols is 1. The van der Waals surface area contributed by atoms with Crippen LogP contribution in [0.25, 0.3) is 11.1 Å². The lowest BCUT2D eigenvalue weighted by Gasteiger charge is -2.37. The largest absolute Gasteiger partial charge is 0.506 e. The van der Waals surface area contributed by atoms with Gasteiger partial charge >= 0.3 is 12.1 Å². The molecule has 36 heavy (non-hydrogen) atoms. The first-order valence-electron chi connectivity index (χ1n) is 10.9. The Hall–Kier alpha value is -2.80. The molecule has 0 radical (unpaired) electrons. The summed E-state index contributed by atoms with van der Waals surface area (Å²) in [5.41, 5.74) is 1.85. The number of carboxylic acid groups (broad SMARTS) is 1. The summed E-state index contributed by atoms with van der Waals surface area (Å²) >= 11 is 12.6. The number of hydrogen-bond acceptors (Lipinski definition) is 9. The van der Waals surface area contributed by atoms with E-state index in [-0.39, 0.29) is 17.3 Å². The van der Waals surface area contributed by atoms with Crippen molar-refractivity contribution in [3.05, 3.63) is 45.9 Å². The molecule has 1 saturated heterocycles. The van der Waals surface area contributed by atoms with Crippen molar-refractivity contribution in [2.45, 2.75) is 49.7 Å². The number of carbonyl (C=O) groups is 2. The third kappa shape index (κ3) is 5.17. The molecule has 2 aromatic carbocycles. The standard InChI is InChI=1S/C23H23Cl2NO10/c24-12-6-7-13(27)15(25)14(12)11-3-1-2-9-4-5-10(34-19(9)11)8-26-23(33)36-22-18(30)16(28)17(29)20(35-22)21(31)32/h1-3,6-7,10,16-18,20,22,27-30H,4-5,8H2,(H,26,33)(H,31,32)/t10-,16?,17?,18?,20?,22?/m1/s1. The number of nitrogens with one attached hydrogen (secondary N) is 1. The molecule has 2 aliphatic rings. The lowest BCUT2D eigenvalue weighted by molar-refractivity contribution is -0.278. The van der Waals surface area contributed by atoms with Gasteiger partial charge in [-0.3, -0.25) is 0 Å². The number of aliphatic hydroxyl groups excluding tert-OH is 3. The predicted octanol–water partition coefficient (Wildman–Crippen LogP) is 1.68. The topological polar surface area (TPSA) is 175 Å². The second-order valence-corrected chi connectivity index (χ2v) is 9.13. The number of ether oxygens (including phenoxy) is 3. The molecule has 0 aromatic heterocycles. The Bertz CT molecular complexity index is 1160. The fourth-order valence-electron chi connectivity index (χ4n) is 4.09. The number of fused-ring (bicyclic) bond motifs is 1. The number of amides is 1. The molecule has 6 N–H and O–H groups in total. The number of aryl methyl sites for hydroxylation is 1. The summed E-state index contributed by atoms with van der Waals surface area (Å²) in [6.45, 7) is -0.0233. The van der Waals surface area contributed by atoms with Crippen LogP contribution in [0.15, 0.2) is 30.3 Å². The van der Waals surface area contributed by atoms with Crippen molar-refractivity contribution in [3.63, 3.8) is 0 Å². The van der Waals surface area contributed by atoms with Crippen LogP contribution in [0.5, 0.6) is 11.5 Å². The van der Waals surface area contributed by atoms with E-state index >= 15 is 0 Å². The van der Waals surface area contributed by atoms with Crippen LogP contribution in [0.2, 0.25) is 10.0 Å². The normalized spacial score (nSPS) is 27.5. The number of halogens is 2. The summed E-state index contributed by atoms with van der Waals surface area (Å²) in [6, 6.07) is 8.34. The number of phenolic OH excluding ortho intramolecular Hbond substituents is 1. The lowest BCUT2D eigenvalue weighted by Crippen LogP contribution is -2.61. The fraction of sp³-hybridized carbons (Fsp3) is 0.391. The highest BCUT2D eigenvalue weighted by molar-refractivity contribution is 6.40. The molecular weight excluding hydrogens is 521 g/mol. The van der Waals surface area contributed by atoms with Crippen molar-refractivity contribution < 1.29 is 49.3 Å². The van der Waals surface area contributed by atoms with E-state index in [1.54, 1.807) is 6.07 Å². The Morgan fingerprint density at radius 1 is 1.08 bits per heavy atom. The highest BCUT2D eigenvalue weighted by Crippen LogP contribution is 2.46. The third-order valence-electron chi connectivity index (χ3n) is 5.97. The van der Waals surface area contributed by atoms with Crippen molar-refractivity contribution in [3.8, 4) is 22.6 Å². The molecule has 4 rings (SSSR count). The van der Waals surface area contributed by atoms with E-state index in [2.05, 4.69) is 5.32 Å². The Balaban J connectivity index is 1.42. The fourth-order valence-corrected chi connectivity index (χ4v) is 4.66. The molecule has 2 aliphatic heterocycles. The molecule has 0 bridgehead atoms. The van der Waals surface area contributed by atoms with Gasteiger partial charge < -0.3 is 45.1 Å². The molecule has 2 aromatic rings. The van der Waals surface area contributed by atoms with Crippen LogP contribution >= 0.6 is 23.2 Å². The van der Waals surface area contributed by atoms with Crippen LogP contribution < -0.4 is 10.1 Å². The molecule has 11 nitrogen and oxygen atoms in total. The van der Waals surface area contributed by atoms with Gasteiger partial charge in [-0.2, -0.15) is 0 Å². The number of para-hydroxylation sites is 1. The van der Waals surface area contributed by atoms with Gasteiger partial charge in [-0.25, -0.2) is 9.59 Å². The molecule has 13 heteroatoms. The molecule has 194 valence electrons. The van der Waals surface area contributed by atoms with Crippen molar-refractivity contribution in [2.75, 3.05) is 6.54 Å². The number of benzene rings is 2. The minimum absolute atomic E-state index is 0.0233. The zero-order valence-corrected chi connectivity index (χ0v) is 20.0. The molecule has 0 aliphatic carbocycles. The van der Waals surface area contributed by atoms with Gasteiger partial charge in [0.05, 0.1) is 16.6 Å². The molecule has 0 saturated carbocycles. The molecule has 1 amide bonds. The number of aliphatic carboxylic acids is 1. The summed E-state index contributed by atoms with van der Waals surface area (Å²) in [4.78, 5) is 23.5. The molecule has 5 unspecified atom stereocenters. The maximum atomic E-state index is 12.3. The third-order valence-corrected chi connectivity index (χ3v) is 6.66. The SMILES string of the molecule is O=C(NC[C@H]1CCc2cccc(-c3c(Cl)ccc(O)c3Cl)c2O1)OC1OC(C(=O)O)C(O)C(O)C1O. The van der Waals surface area contributed by atoms with Crippen LogP contribution in [0.3, 0.4) is 0 Å². The van der Waals surface area contributed by atoms with Gasteiger partial charge in [0, 0.05) is 11.1 Å². The quantitative estimate of drug-likeness (QED) is 0.325. The van der Waals surface area contributed by atoms with E-state index in [9.17, 15) is 30.0 Å². The summed E-state index contributed by atoms with van der Waals surface area (Å²) in [5.74, 6) is -1.24. The minimum Gasteiger partial charge on any atom is -0.506 e. The van der Waals surface area contributed by atoms with E-state index in [4.69, 9.17) is 42.5 Å². The smallest absolute Gasteiger partial charge is 0.409 e. The van der Waals surface area contributed by atoms with Crippen molar-refractivity contribution in [1.82, 2.24) is 5.32 Å². The Morgan fingerprint density at radius 3 is 2.56 bits per heavy atom. The van der Waals surface area contributed by atoms with E-state index < -0.39 is 48.9 Å². The number of rotatable bonds is 5. The van der Waals surface area contributed by atoms with Crippen LogP contribution in [0, 0.1) is 0 Å². The summed E-state index contributed by atoms with van der Waals surface area (Å²) in [6.07, 6.45) is -9.80. The van der Waals surface area contributed by atoms with Gasteiger partial charge in [-0.1, -0.05) is 41.4 Å². The minimum atomic E-state index is -1.90. The van der Waals surface area contributed by atoms with Crippen LogP contribution in [-0.2, 0) is 20.7 Å². The number of hydrogen-bond donors (Lipinski definition) is 6. The average molecular weight is 544 g/mol. The van der Waals surface area contributed by atoms with Crippen molar-refractivity contribution in [2.24, 2.45) is 0 Å². The van der Waals surface area contributed by atoms with Gasteiger partial charge in [-0.15, -0.1) is 0 Å². The van der Waals surface area contributed by atoms with E-state index in [0.29, 0.717) is 34.7 Å². The highest BCUT2D eigenvalue weighted by Gasteiger charge is 2.48. The number of carbonyl (C=O) groups excluding carboxylic acids is 1. The number of carboxylic acids is 1. The van der Waals surface area contributed by atoms with E-state index in [1.165, 1.54) is 12.1 Å². The second kappa shape index (κ2) is 10.7. The first kappa shape index (κ1) is 26.3. The predicted molar refractivity (Wildman–Crippen MR) is 125 cm³/mol. The Labute approximate surface area is 214 Å². The summed E-state index contributed by atoms with van der Waals surface area (Å²) in [5, 5.41) is 51.5. The number of aliphatic hydroxyl groups is 3. The second-order valence-electron chi connectivity index (χ2n) is 8.35. The number of aromatic hydroxyl groups is 1. The van der Waals surface area contributed by atoms with Gasteiger partial charge in [0.1, 0.15) is 35.9 Å². The van der Waals surface area contributed by atoms with Crippen molar-refractivity contribution in [1.29, 1.82) is 0 Å². The molecule has 1 fully saturated rings. The maximum absolute atomic E-state index is 12.3. The maximum Gasteiger partial charge on any atom is 0.409 e. The van der Waals surface area contributed by atoms with Crippen LogP contribution in [0.4, 0.5) is 4.79 Å². The lowest BCUT2D eigenvalue weighted by atomic mass is 9.95.